The number of nitrogens with zero attached hydrogens (tertiary/aromatic N) is 2. The van der Waals surface area contributed by atoms with E-state index in [9.17, 15) is 4.79 Å². The number of hydrogen-bond donors (Lipinski definition) is 2. The molecule has 3 aromatic rings. The largest absolute Gasteiger partial charge is 0.360 e. The number of fused-ring (bicyclic) bond motifs is 1. The Morgan fingerprint density at radius 1 is 1.42 bits per heavy atom. The Balaban J connectivity index is 2.19. The number of carbonyl (C=O) groups is 1. The van der Waals surface area contributed by atoms with Crippen LogP contribution in [0.2, 0.25) is 0 Å². The number of benzene rings is 1. The minimum absolute atomic E-state index is 0.204. The van der Waals surface area contributed by atoms with Crippen molar-refractivity contribution in [2.24, 2.45) is 0 Å². The number of aromatic amines is 2. The van der Waals surface area contributed by atoms with Gasteiger partial charge in [0.25, 0.3) is 0 Å². The van der Waals surface area contributed by atoms with Crippen molar-refractivity contribution in [1.82, 2.24) is 19.7 Å². The van der Waals surface area contributed by atoms with Gasteiger partial charge in [-0.2, -0.15) is 5.10 Å². The molecule has 19 heavy (non-hydrogen) atoms. The maximum absolute atomic E-state index is 12.5. The molecule has 0 saturated heterocycles. The van der Waals surface area contributed by atoms with Crippen molar-refractivity contribution in [2.75, 3.05) is 0 Å². The summed E-state index contributed by atoms with van der Waals surface area (Å²) in [4.78, 5) is 15.6. The minimum Gasteiger partial charge on any atom is -0.360 e. The Labute approximate surface area is 113 Å². The maximum Gasteiger partial charge on any atom is 0.232 e. The third-order valence-electron chi connectivity index (χ3n) is 2.92. The van der Waals surface area contributed by atoms with Crippen LogP contribution in [0.5, 0.6) is 0 Å². The van der Waals surface area contributed by atoms with E-state index in [1.807, 2.05) is 24.3 Å². The molecule has 0 aliphatic carbocycles. The van der Waals surface area contributed by atoms with E-state index in [1.165, 1.54) is 10.8 Å². The molecule has 0 unspecified atom stereocenters. The summed E-state index contributed by atoms with van der Waals surface area (Å²) in [5.74, 6) is 0.0226. The van der Waals surface area contributed by atoms with Gasteiger partial charge >= 0.3 is 0 Å². The lowest BCUT2D eigenvalue weighted by Crippen LogP contribution is -2.07. The van der Waals surface area contributed by atoms with Crippen LogP contribution in [0.3, 0.4) is 0 Å². The number of nitrogens with one attached hydrogen (secondary N) is 2. The molecule has 0 fully saturated rings. The van der Waals surface area contributed by atoms with Crippen LogP contribution in [-0.2, 0) is 0 Å². The third-order valence-corrected chi connectivity index (χ3v) is 3.21. The summed E-state index contributed by atoms with van der Waals surface area (Å²) in [6.45, 7) is 3.63. The Morgan fingerprint density at radius 3 is 3.00 bits per heavy atom. The highest BCUT2D eigenvalue weighted by molar-refractivity contribution is 7.71. The zero-order valence-corrected chi connectivity index (χ0v) is 10.7. The van der Waals surface area contributed by atoms with Gasteiger partial charge in [-0.05, 0) is 18.3 Å². The number of carbonyl (C=O) groups excluding carboxylic acids is 1. The molecule has 0 aliphatic heterocycles. The summed E-state index contributed by atoms with van der Waals surface area (Å²) in [5.41, 5.74) is 1.47. The predicted molar refractivity (Wildman–Crippen MR) is 75.5 cm³/mol. The molecule has 3 rings (SSSR count). The fraction of sp³-hybridized carbons (Fsp3) is 0. The summed E-state index contributed by atoms with van der Waals surface area (Å²) in [6.07, 6.45) is 3.14. The van der Waals surface area contributed by atoms with Crippen LogP contribution in [0.25, 0.3) is 17.1 Å². The monoisotopic (exact) mass is 270 g/mol. The van der Waals surface area contributed by atoms with Crippen LogP contribution in [0.15, 0.2) is 37.0 Å². The average molecular weight is 270 g/mol. The Kier molecular flexibility index (Phi) is 2.64. The Hall–Kier alpha value is -2.47. The fourth-order valence-corrected chi connectivity index (χ4v) is 2.22. The molecule has 6 heteroatoms. The van der Waals surface area contributed by atoms with Crippen LogP contribution in [0, 0.1) is 4.77 Å². The molecule has 0 radical (unpaired) electrons. The average Bonchev–Trinajstić information content (AvgIpc) is 3.01. The van der Waals surface area contributed by atoms with Gasteiger partial charge < -0.3 is 4.98 Å². The van der Waals surface area contributed by atoms with Gasteiger partial charge in [0.15, 0.2) is 4.77 Å². The third kappa shape index (κ3) is 1.73. The number of aromatic nitrogens is 4. The van der Waals surface area contributed by atoms with Gasteiger partial charge in [-0.1, -0.05) is 24.8 Å². The van der Waals surface area contributed by atoms with Gasteiger partial charge in [0, 0.05) is 23.3 Å². The number of rotatable bonds is 3. The topological polar surface area (TPSA) is 66.5 Å². The first-order valence-corrected chi connectivity index (χ1v) is 6.03. The first-order valence-electron chi connectivity index (χ1n) is 5.62. The zero-order valence-electron chi connectivity index (χ0n) is 9.88. The molecule has 2 N–H and O–H groups in total. The molecule has 1 aromatic carbocycles. The van der Waals surface area contributed by atoms with E-state index < -0.39 is 0 Å². The fourth-order valence-electron chi connectivity index (χ4n) is 2.01. The van der Waals surface area contributed by atoms with Crippen LogP contribution in [0.4, 0.5) is 0 Å². The van der Waals surface area contributed by atoms with Gasteiger partial charge in [0.1, 0.15) is 0 Å². The van der Waals surface area contributed by atoms with Crippen LogP contribution < -0.4 is 0 Å². The molecule has 0 amide bonds. The van der Waals surface area contributed by atoms with Gasteiger partial charge in [-0.3, -0.25) is 14.5 Å². The standard InChI is InChI=1S/C13H10N4OS/c1-2-17-12(15-16-13(17)19)11(18)9-7-14-10-6-4-3-5-8(9)10/h2-7,14H,1H2,(H,16,19). The smallest absolute Gasteiger partial charge is 0.232 e. The summed E-state index contributed by atoms with van der Waals surface area (Å²) >= 11 is 5.03. The molecule has 0 spiro atoms. The van der Waals surface area contributed by atoms with E-state index in [2.05, 4.69) is 21.8 Å². The summed E-state index contributed by atoms with van der Waals surface area (Å²) in [6, 6.07) is 7.60. The molecule has 2 aromatic heterocycles. The van der Waals surface area contributed by atoms with E-state index in [0.717, 1.165) is 10.9 Å². The quantitative estimate of drug-likeness (QED) is 0.568. The molecule has 0 aliphatic rings. The number of para-hydroxylation sites is 1. The predicted octanol–water partition coefficient (Wildman–Crippen LogP) is 2.75. The van der Waals surface area contributed by atoms with E-state index in [-0.39, 0.29) is 11.6 Å². The zero-order chi connectivity index (χ0) is 13.4. The van der Waals surface area contributed by atoms with Gasteiger partial charge in [0.2, 0.25) is 11.6 Å². The lowest BCUT2D eigenvalue weighted by molar-refractivity contribution is 0.102. The second-order valence-electron chi connectivity index (χ2n) is 3.98. The minimum atomic E-state index is -0.204. The molecular formula is C13H10N4OS. The lowest BCUT2D eigenvalue weighted by atomic mass is 10.1. The lowest BCUT2D eigenvalue weighted by Gasteiger charge is -1.99. The van der Waals surface area contributed by atoms with Crippen LogP contribution >= 0.6 is 12.2 Å². The van der Waals surface area contributed by atoms with Gasteiger partial charge in [-0.25, -0.2) is 0 Å². The Morgan fingerprint density at radius 2 is 2.21 bits per heavy atom. The summed E-state index contributed by atoms with van der Waals surface area (Å²) in [7, 11) is 0. The van der Waals surface area contributed by atoms with Crippen molar-refractivity contribution in [2.45, 2.75) is 0 Å². The van der Waals surface area contributed by atoms with Crippen LogP contribution in [0.1, 0.15) is 16.2 Å². The molecule has 5 nitrogen and oxygen atoms in total. The summed E-state index contributed by atoms with van der Waals surface area (Å²) in [5, 5.41) is 7.41. The van der Waals surface area contributed by atoms with E-state index >= 15 is 0 Å². The molecule has 2 heterocycles. The molecular weight excluding hydrogens is 260 g/mol. The Bertz CT molecular complexity index is 840. The molecule has 94 valence electrons. The normalized spacial score (nSPS) is 10.7. The summed E-state index contributed by atoms with van der Waals surface area (Å²) < 4.78 is 1.80. The number of H-pyrrole nitrogens is 2. The highest BCUT2D eigenvalue weighted by atomic mass is 32.1. The maximum atomic E-state index is 12.5. The second kappa shape index (κ2) is 4.33. The van der Waals surface area contributed by atoms with Gasteiger partial charge in [-0.15, -0.1) is 0 Å². The van der Waals surface area contributed by atoms with Crippen LogP contribution in [-0.4, -0.2) is 25.5 Å². The van der Waals surface area contributed by atoms with Crippen molar-refractivity contribution >= 4 is 35.1 Å². The van der Waals surface area contributed by atoms with Crippen molar-refractivity contribution in [3.8, 4) is 0 Å². The first-order chi connectivity index (χ1) is 9.22. The van der Waals surface area contributed by atoms with Crippen molar-refractivity contribution in [3.63, 3.8) is 0 Å². The molecule has 0 saturated carbocycles. The van der Waals surface area contributed by atoms with Crippen molar-refractivity contribution in [3.05, 3.63) is 53.2 Å². The first kappa shape index (κ1) is 11.6. The molecule has 0 bridgehead atoms. The van der Waals surface area contributed by atoms with E-state index in [4.69, 9.17) is 12.2 Å². The second-order valence-corrected chi connectivity index (χ2v) is 4.37. The van der Waals surface area contributed by atoms with Crippen molar-refractivity contribution in [1.29, 1.82) is 0 Å². The van der Waals surface area contributed by atoms with Gasteiger partial charge in [0.05, 0.1) is 5.56 Å². The molecule has 0 atom stereocenters. The highest BCUT2D eigenvalue weighted by Gasteiger charge is 2.19. The van der Waals surface area contributed by atoms with Crippen molar-refractivity contribution < 1.29 is 4.79 Å². The SMILES string of the molecule is C=Cn1c(C(=O)c2c[nH]c3ccccc23)n[nH]c1=S. The number of ketones is 1. The van der Waals surface area contributed by atoms with E-state index in [1.54, 1.807) is 6.20 Å². The number of hydrogen-bond acceptors (Lipinski definition) is 3. The van der Waals surface area contributed by atoms with E-state index in [0.29, 0.717) is 10.3 Å². The highest BCUT2D eigenvalue weighted by Crippen LogP contribution is 2.20.